The van der Waals surface area contributed by atoms with Gasteiger partial charge in [-0.15, -0.1) is 0 Å². The quantitative estimate of drug-likeness (QED) is 0.511. The second kappa shape index (κ2) is 10.4. The normalized spacial score (nSPS) is 19.2. The predicted molar refractivity (Wildman–Crippen MR) is 144 cm³/mol. The minimum atomic E-state index is -3.42. The molecule has 1 fully saturated rings. The predicted octanol–water partition coefficient (Wildman–Crippen LogP) is 3.76. The number of amides is 2. The maximum atomic E-state index is 13.3. The number of nitrogens with one attached hydrogen (secondary N) is 1. The summed E-state index contributed by atoms with van der Waals surface area (Å²) in [6.45, 7) is 3.31. The average Bonchev–Trinajstić information content (AvgIpc) is 3.28. The molecular weight excluding hydrogens is 528 g/mol. The van der Waals surface area contributed by atoms with Crippen molar-refractivity contribution in [3.8, 4) is 0 Å². The van der Waals surface area contributed by atoms with Crippen LogP contribution in [0, 0.1) is 0 Å². The fourth-order valence-electron chi connectivity index (χ4n) is 4.96. The largest absolute Gasteiger partial charge is 0.377 e. The number of sulfone groups is 1. The highest BCUT2D eigenvalue weighted by Gasteiger charge is 2.38. The Morgan fingerprint density at radius 1 is 1.13 bits per heavy atom. The number of ether oxygens (including phenoxy) is 1. The first kappa shape index (κ1) is 26.1. The van der Waals surface area contributed by atoms with Gasteiger partial charge in [-0.25, -0.2) is 13.4 Å². The molecule has 2 aliphatic rings. The lowest BCUT2D eigenvalue weighted by atomic mass is 10.0. The molecule has 0 radical (unpaired) electrons. The van der Waals surface area contributed by atoms with Crippen molar-refractivity contribution in [1.29, 1.82) is 0 Å². The molecule has 9 nitrogen and oxygen atoms in total. The lowest BCUT2D eigenvalue weighted by Gasteiger charge is -2.37. The molecule has 0 saturated carbocycles. The number of benzene rings is 2. The van der Waals surface area contributed by atoms with Crippen LogP contribution in [0.1, 0.15) is 35.7 Å². The number of pyridine rings is 1. The number of rotatable bonds is 5. The van der Waals surface area contributed by atoms with E-state index < -0.39 is 21.8 Å². The van der Waals surface area contributed by atoms with Crippen molar-refractivity contribution in [3.63, 3.8) is 0 Å². The van der Waals surface area contributed by atoms with Gasteiger partial charge in [-0.1, -0.05) is 29.8 Å². The van der Waals surface area contributed by atoms with E-state index in [0.29, 0.717) is 41.7 Å². The molecule has 38 heavy (non-hydrogen) atoms. The number of carbonyl (C=O) groups is 2. The number of morpholine rings is 1. The first-order chi connectivity index (χ1) is 18.1. The van der Waals surface area contributed by atoms with Crippen molar-refractivity contribution in [2.45, 2.75) is 30.4 Å². The SMILES string of the molecule is CC(=O)N1Cc2cc(S(C)(=O)=O)ccc2[C@@H]1C(=O)Nc1ccc(N2CCOC[C@H]2c2cccc(Cl)c2)cn1. The minimum absolute atomic E-state index is 0.0272. The van der Waals surface area contributed by atoms with Gasteiger partial charge >= 0.3 is 0 Å². The summed E-state index contributed by atoms with van der Waals surface area (Å²) in [6, 6.07) is 15.0. The topological polar surface area (TPSA) is 109 Å². The summed E-state index contributed by atoms with van der Waals surface area (Å²) in [5.74, 6) is -0.365. The second-order valence-electron chi connectivity index (χ2n) is 9.41. The van der Waals surface area contributed by atoms with Crippen LogP contribution in [-0.4, -0.2) is 56.1 Å². The average molecular weight is 555 g/mol. The van der Waals surface area contributed by atoms with Crippen LogP contribution in [-0.2, 0) is 30.7 Å². The molecule has 1 saturated heterocycles. The van der Waals surface area contributed by atoms with Gasteiger partial charge in [-0.2, -0.15) is 0 Å². The van der Waals surface area contributed by atoms with Gasteiger partial charge < -0.3 is 19.9 Å². The van der Waals surface area contributed by atoms with Gasteiger partial charge in [0.1, 0.15) is 11.9 Å². The van der Waals surface area contributed by atoms with Crippen molar-refractivity contribution in [2.24, 2.45) is 0 Å². The lowest BCUT2D eigenvalue weighted by molar-refractivity contribution is -0.136. The summed E-state index contributed by atoms with van der Waals surface area (Å²) in [5, 5.41) is 3.47. The van der Waals surface area contributed by atoms with Crippen molar-refractivity contribution in [2.75, 3.05) is 36.2 Å². The Bertz CT molecular complexity index is 1500. The third-order valence-corrected chi connectivity index (χ3v) is 8.18. The third-order valence-electron chi connectivity index (χ3n) is 6.84. The second-order valence-corrected chi connectivity index (χ2v) is 11.9. The Kier molecular flexibility index (Phi) is 7.13. The number of anilines is 2. The van der Waals surface area contributed by atoms with E-state index in [9.17, 15) is 18.0 Å². The zero-order valence-electron chi connectivity index (χ0n) is 20.9. The van der Waals surface area contributed by atoms with E-state index in [0.717, 1.165) is 17.5 Å². The van der Waals surface area contributed by atoms with Crippen LogP contribution in [0.3, 0.4) is 0 Å². The number of aromatic nitrogens is 1. The van der Waals surface area contributed by atoms with Gasteiger partial charge in [0.15, 0.2) is 9.84 Å². The maximum Gasteiger partial charge on any atom is 0.252 e. The van der Waals surface area contributed by atoms with E-state index in [2.05, 4.69) is 15.2 Å². The van der Waals surface area contributed by atoms with Crippen LogP contribution in [0.15, 0.2) is 65.7 Å². The molecule has 198 valence electrons. The summed E-state index contributed by atoms with van der Waals surface area (Å²) in [5.41, 5.74) is 3.14. The summed E-state index contributed by atoms with van der Waals surface area (Å²) in [6.07, 6.45) is 2.82. The lowest BCUT2D eigenvalue weighted by Crippen LogP contribution is -2.39. The molecule has 1 aromatic heterocycles. The third kappa shape index (κ3) is 5.24. The van der Waals surface area contributed by atoms with Gasteiger partial charge in [-0.05, 0) is 53.1 Å². The highest BCUT2D eigenvalue weighted by atomic mass is 35.5. The molecule has 0 aliphatic carbocycles. The Hall–Kier alpha value is -3.47. The van der Waals surface area contributed by atoms with E-state index >= 15 is 0 Å². The molecule has 2 aromatic carbocycles. The van der Waals surface area contributed by atoms with Crippen molar-refractivity contribution in [1.82, 2.24) is 9.88 Å². The van der Waals surface area contributed by atoms with Crippen LogP contribution < -0.4 is 10.2 Å². The number of halogens is 1. The van der Waals surface area contributed by atoms with Gasteiger partial charge in [0.05, 0.1) is 36.0 Å². The highest BCUT2D eigenvalue weighted by Crippen LogP contribution is 2.36. The maximum absolute atomic E-state index is 13.3. The Morgan fingerprint density at radius 3 is 2.63 bits per heavy atom. The standard InChI is InChI=1S/C27H27ClN4O5S/c1-17(33)32-15-19-13-22(38(2,35)36)7-8-23(19)26(32)27(34)30-25-9-6-21(14-29-25)31-10-11-37-16-24(31)18-4-3-5-20(28)12-18/h3-9,12-14,24,26H,10-11,15-16H2,1-2H3,(H,29,30,34)/t24-,26+/m0/s1. The van der Waals surface area contributed by atoms with E-state index in [-0.39, 0.29) is 23.4 Å². The first-order valence-corrected chi connectivity index (χ1v) is 14.4. The van der Waals surface area contributed by atoms with Crippen molar-refractivity contribution < 1.29 is 22.7 Å². The number of hydrogen-bond acceptors (Lipinski definition) is 7. The van der Waals surface area contributed by atoms with Gasteiger partial charge in [0, 0.05) is 31.3 Å². The molecule has 11 heteroatoms. The van der Waals surface area contributed by atoms with Crippen LogP contribution in [0.2, 0.25) is 5.02 Å². The number of fused-ring (bicyclic) bond motifs is 1. The molecule has 5 rings (SSSR count). The zero-order valence-corrected chi connectivity index (χ0v) is 22.5. The Morgan fingerprint density at radius 2 is 1.95 bits per heavy atom. The highest BCUT2D eigenvalue weighted by molar-refractivity contribution is 7.90. The molecule has 2 aliphatic heterocycles. The molecule has 0 unspecified atom stereocenters. The molecule has 3 aromatic rings. The monoisotopic (exact) mass is 554 g/mol. The van der Waals surface area contributed by atoms with Crippen molar-refractivity contribution >= 4 is 44.8 Å². The van der Waals surface area contributed by atoms with E-state index in [1.54, 1.807) is 18.3 Å². The summed E-state index contributed by atoms with van der Waals surface area (Å²) in [7, 11) is -3.42. The Balaban J connectivity index is 1.36. The zero-order chi connectivity index (χ0) is 27.0. The summed E-state index contributed by atoms with van der Waals surface area (Å²) < 4.78 is 29.7. The van der Waals surface area contributed by atoms with Crippen LogP contribution in [0.4, 0.5) is 11.5 Å². The van der Waals surface area contributed by atoms with Crippen LogP contribution >= 0.6 is 11.6 Å². The molecule has 0 bridgehead atoms. The van der Waals surface area contributed by atoms with Crippen molar-refractivity contribution in [3.05, 3.63) is 82.5 Å². The fraction of sp³-hybridized carbons (Fsp3) is 0.296. The van der Waals surface area contributed by atoms with Gasteiger partial charge in [0.2, 0.25) is 5.91 Å². The van der Waals surface area contributed by atoms with Gasteiger partial charge in [-0.3, -0.25) is 9.59 Å². The first-order valence-electron chi connectivity index (χ1n) is 12.1. The van der Waals surface area contributed by atoms with E-state index in [1.807, 2.05) is 30.3 Å². The van der Waals surface area contributed by atoms with Crippen LogP contribution in [0.25, 0.3) is 0 Å². The smallest absolute Gasteiger partial charge is 0.252 e. The minimum Gasteiger partial charge on any atom is -0.377 e. The number of hydrogen-bond donors (Lipinski definition) is 1. The molecule has 2 amide bonds. The fourth-order valence-corrected chi connectivity index (χ4v) is 5.83. The van der Waals surface area contributed by atoms with Crippen LogP contribution in [0.5, 0.6) is 0 Å². The van der Waals surface area contributed by atoms with E-state index in [4.69, 9.17) is 16.3 Å². The summed E-state index contributed by atoms with van der Waals surface area (Å²) in [4.78, 5) is 33.9. The van der Waals surface area contributed by atoms with Gasteiger partial charge in [0.25, 0.3) is 5.91 Å². The summed E-state index contributed by atoms with van der Waals surface area (Å²) >= 11 is 6.21. The molecule has 1 N–H and O–H groups in total. The Labute approximate surface area is 226 Å². The molecule has 0 spiro atoms. The van der Waals surface area contributed by atoms with E-state index in [1.165, 1.54) is 24.0 Å². The molecule has 2 atom stereocenters. The number of carbonyl (C=O) groups excluding carboxylic acids is 2. The molecule has 3 heterocycles. The molecular formula is C27H27ClN4O5S. The number of nitrogens with zero attached hydrogens (tertiary/aromatic N) is 3.